The zero-order chi connectivity index (χ0) is 20.3. The molecule has 3 rings (SSSR count). The normalized spacial score (nSPS) is 18.7. The molecule has 2 aromatic rings. The lowest BCUT2D eigenvalue weighted by Crippen LogP contribution is -3.06. The molecule has 1 aromatic heterocycles. The summed E-state index contributed by atoms with van der Waals surface area (Å²) in [5, 5.41) is 11.0. The van der Waals surface area contributed by atoms with Gasteiger partial charge >= 0.3 is 0 Å². The van der Waals surface area contributed by atoms with Crippen LogP contribution in [0, 0.1) is 0 Å². The smallest absolute Gasteiger partial charge is 0.295 e. The van der Waals surface area contributed by atoms with Gasteiger partial charge in [0.25, 0.3) is 11.7 Å². The van der Waals surface area contributed by atoms with E-state index in [1.807, 2.05) is 14.1 Å². The van der Waals surface area contributed by atoms with Crippen molar-refractivity contribution in [3.05, 3.63) is 65.5 Å². The lowest BCUT2D eigenvalue weighted by molar-refractivity contribution is -0.857. The van der Waals surface area contributed by atoms with Gasteiger partial charge in [-0.25, -0.2) is 0 Å². The molecule has 1 atom stereocenters. The van der Waals surface area contributed by atoms with Crippen LogP contribution in [0.25, 0.3) is 5.76 Å². The van der Waals surface area contributed by atoms with Crippen LogP contribution in [-0.2, 0) is 9.59 Å². The highest BCUT2D eigenvalue weighted by molar-refractivity contribution is 6.46. The highest BCUT2D eigenvalue weighted by Crippen LogP contribution is 2.39. The highest BCUT2D eigenvalue weighted by Gasteiger charge is 2.46. The Morgan fingerprint density at radius 2 is 2.04 bits per heavy atom. The van der Waals surface area contributed by atoms with Crippen molar-refractivity contribution in [1.82, 2.24) is 9.88 Å². The van der Waals surface area contributed by atoms with E-state index in [1.165, 1.54) is 12.0 Å². The van der Waals surface area contributed by atoms with Gasteiger partial charge in [-0.2, -0.15) is 0 Å². The first-order chi connectivity index (χ1) is 13.4. The fourth-order valence-corrected chi connectivity index (χ4v) is 3.26. The maximum Gasteiger partial charge on any atom is 0.295 e. The second kappa shape index (κ2) is 8.22. The molecule has 0 aliphatic carbocycles. The number of nitrogens with zero attached hydrogens (tertiary/aromatic N) is 2. The Morgan fingerprint density at radius 3 is 2.68 bits per heavy atom. The Morgan fingerprint density at radius 1 is 1.25 bits per heavy atom. The molecule has 0 saturated carbocycles. The van der Waals surface area contributed by atoms with E-state index in [-0.39, 0.29) is 11.3 Å². The zero-order valence-electron chi connectivity index (χ0n) is 16.2. The van der Waals surface area contributed by atoms with E-state index in [0.717, 1.165) is 4.90 Å². The minimum Gasteiger partial charge on any atom is -0.507 e. The number of ketones is 1. The molecule has 1 amide bonds. The average Bonchev–Trinajstić information content (AvgIpc) is 2.97. The van der Waals surface area contributed by atoms with Crippen LogP contribution in [-0.4, -0.2) is 61.0 Å². The Kier molecular flexibility index (Phi) is 5.75. The van der Waals surface area contributed by atoms with Crippen LogP contribution >= 0.6 is 0 Å². The number of ether oxygens (including phenoxy) is 1. The molecule has 146 valence electrons. The average molecular weight is 382 g/mol. The first-order valence-corrected chi connectivity index (χ1v) is 9.05. The van der Waals surface area contributed by atoms with Crippen LogP contribution in [0.5, 0.6) is 5.75 Å². The number of carbonyl (C=O) groups is 2. The van der Waals surface area contributed by atoms with Crippen LogP contribution < -0.4 is 9.64 Å². The number of Topliss-reactive ketones (excluding diaryl/α,β-unsaturated/α-hetero) is 1. The van der Waals surface area contributed by atoms with E-state index in [0.29, 0.717) is 30.0 Å². The Labute approximate surface area is 163 Å². The van der Waals surface area contributed by atoms with Gasteiger partial charge < -0.3 is 19.6 Å². The molecule has 1 saturated heterocycles. The SMILES string of the molecule is COc1cccc(C(O)=C2C(=O)C(=O)N(CC[NH+](C)C)C2c2cccnc2)c1. The van der Waals surface area contributed by atoms with Crippen LogP contribution in [0.15, 0.2) is 54.4 Å². The Hall–Kier alpha value is -3.19. The fraction of sp³-hybridized carbons (Fsp3) is 0.286. The number of hydrogen-bond donors (Lipinski definition) is 2. The number of methoxy groups -OCH3 is 1. The monoisotopic (exact) mass is 382 g/mol. The van der Waals surface area contributed by atoms with E-state index in [4.69, 9.17) is 4.74 Å². The van der Waals surface area contributed by atoms with Gasteiger partial charge in [0.1, 0.15) is 11.5 Å². The summed E-state index contributed by atoms with van der Waals surface area (Å²) in [4.78, 5) is 32.4. The number of rotatable bonds is 6. The first-order valence-electron chi connectivity index (χ1n) is 9.05. The second-order valence-corrected chi connectivity index (χ2v) is 6.97. The predicted molar refractivity (Wildman–Crippen MR) is 104 cm³/mol. The number of pyridine rings is 1. The molecule has 2 heterocycles. The lowest BCUT2D eigenvalue weighted by Gasteiger charge is -2.25. The molecule has 1 unspecified atom stereocenters. The van der Waals surface area contributed by atoms with Crippen LogP contribution in [0.4, 0.5) is 0 Å². The number of amides is 1. The van der Waals surface area contributed by atoms with Crippen molar-refractivity contribution in [1.29, 1.82) is 0 Å². The number of benzene rings is 1. The van der Waals surface area contributed by atoms with Gasteiger partial charge in [-0.15, -0.1) is 0 Å². The summed E-state index contributed by atoms with van der Waals surface area (Å²) in [5.41, 5.74) is 1.17. The van der Waals surface area contributed by atoms with Crippen molar-refractivity contribution in [2.24, 2.45) is 0 Å². The molecule has 2 N–H and O–H groups in total. The molecule has 0 radical (unpaired) electrons. The van der Waals surface area contributed by atoms with E-state index in [2.05, 4.69) is 4.98 Å². The molecule has 7 heteroatoms. The summed E-state index contributed by atoms with van der Waals surface area (Å²) in [5.74, 6) is -0.972. The standard InChI is InChI=1S/C21H23N3O4/c1-23(2)10-11-24-18(15-7-5-9-22-13-15)17(20(26)21(24)27)19(25)14-6-4-8-16(12-14)28-3/h4-9,12-13,18,25H,10-11H2,1-3H3/p+1. The van der Waals surface area contributed by atoms with Gasteiger partial charge in [0, 0.05) is 18.0 Å². The topological polar surface area (TPSA) is 84.2 Å². The van der Waals surface area contributed by atoms with Crippen molar-refractivity contribution in [3.8, 4) is 5.75 Å². The van der Waals surface area contributed by atoms with Gasteiger partial charge in [-0.1, -0.05) is 18.2 Å². The van der Waals surface area contributed by atoms with E-state index >= 15 is 0 Å². The third kappa shape index (κ3) is 3.75. The van der Waals surface area contributed by atoms with Crippen molar-refractivity contribution in [2.45, 2.75) is 6.04 Å². The van der Waals surface area contributed by atoms with Crippen molar-refractivity contribution >= 4 is 17.4 Å². The molecule has 1 aliphatic rings. The van der Waals surface area contributed by atoms with Crippen LogP contribution in [0.3, 0.4) is 0 Å². The lowest BCUT2D eigenvalue weighted by atomic mass is 9.96. The molecular weight excluding hydrogens is 358 g/mol. The molecule has 0 bridgehead atoms. The number of quaternary nitrogens is 1. The van der Waals surface area contributed by atoms with E-state index in [1.54, 1.807) is 48.8 Å². The molecule has 1 aliphatic heterocycles. The molecule has 1 aromatic carbocycles. The van der Waals surface area contributed by atoms with Gasteiger partial charge in [0.15, 0.2) is 0 Å². The number of hydrogen-bond acceptors (Lipinski definition) is 5. The van der Waals surface area contributed by atoms with Gasteiger partial charge in [0.2, 0.25) is 0 Å². The third-order valence-electron chi connectivity index (χ3n) is 4.74. The largest absolute Gasteiger partial charge is 0.507 e. The van der Waals surface area contributed by atoms with Gasteiger partial charge in [-0.05, 0) is 23.8 Å². The van der Waals surface area contributed by atoms with Crippen LogP contribution in [0.1, 0.15) is 17.2 Å². The molecular formula is C21H24N3O4+. The first kappa shape index (κ1) is 19.6. The number of aliphatic hydroxyl groups excluding tert-OH is 1. The molecule has 1 fully saturated rings. The van der Waals surface area contributed by atoms with Crippen LogP contribution in [0.2, 0.25) is 0 Å². The van der Waals surface area contributed by atoms with Crippen molar-refractivity contribution < 1.29 is 24.3 Å². The number of aromatic nitrogens is 1. The summed E-state index contributed by atoms with van der Waals surface area (Å²) in [6.45, 7) is 1.06. The molecule has 28 heavy (non-hydrogen) atoms. The summed E-state index contributed by atoms with van der Waals surface area (Å²) in [6, 6.07) is 9.64. The Balaban J connectivity index is 2.13. The maximum atomic E-state index is 12.8. The summed E-state index contributed by atoms with van der Waals surface area (Å²) in [6.07, 6.45) is 3.24. The number of aliphatic hydroxyl groups is 1. The quantitative estimate of drug-likeness (QED) is 0.436. The van der Waals surface area contributed by atoms with Gasteiger partial charge in [-0.3, -0.25) is 14.6 Å². The molecule has 7 nitrogen and oxygen atoms in total. The van der Waals surface area contributed by atoms with Crippen molar-refractivity contribution in [3.63, 3.8) is 0 Å². The minimum absolute atomic E-state index is 0.0695. The number of carbonyl (C=O) groups excluding carboxylic acids is 2. The number of nitrogens with one attached hydrogen (secondary N) is 1. The Bertz CT molecular complexity index is 909. The van der Waals surface area contributed by atoms with Crippen molar-refractivity contribution in [2.75, 3.05) is 34.3 Å². The predicted octanol–water partition coefficient (Wildman–Crippen LogP) is 0.656. The minimum atomic E-state index is -0.692. The summed E-state index contributed by atoms with van der Waals surface area (Å²) >= 11 is 0. The van der Waals surface area contributed by atoms with E-state index < -0.39 is 17.7 Å². The number of likely N-dealkylation sites (N-methyl/N-ethyl adjacent to an activating group) is 1. The summed E-state index contributed by atoms with van der Waals surface area (Å²) < 4.78 is 5.20. The molecule has 0 spiro atoms. The maximum absolute atomic E-state index is 12.8. The fourth-order valence-electron chi connectivity index (χ4n) is 3.26. The summed E-state index contributed by atoms with van der Waals surface area (Å²) in [7, 11) is 5.48. The number of likely N-dealkylation sites (tertiary alicyclic amines) is 1. The van der Waals surface area contributed by atoms with E-state index in [9.17, 15) is 14.7 Å². The second-order valence-electron chi connectivity index (χ2n) is 6.97. The zero-order valence-corrected chi connectivity index (χ0v) is 16.2. The van der Waals surface area contributed by atoms with Gasteiger partial charge in [0.05, 0.1) is 45.9 Å². The highest BCUT2D eigenvalue weighted by atomic mass is 16.5. The third-order valence-corrected chi connectivity index (χ3v) is 4.74.